The van der Waals surface area contributed by atoms with Crippen LogP contribution in [0.3, 0.4) is 0 Å². The molecule has 3 aliphatic rings. The maximum atomic E-state index is 12.3. The summed E-state index contributed by atoms with van der Waals surface area (Å²) in [7, 11) is 0. The van der Waals surface area contributed by atoms with E-state index in [0.29, 0.717) is 17.4 Å². The van der Waals surface area contributed by atoms with Crippen molar-refractivity contribution in [2.24, 2.45) is 5.41 Å². The molecule has 0 N–H and O–H groups in total. The Bertz CT molecular complexity index is 691. The van der Waals surface area contributed by atoms with Crippen molar-refractivity contribution < 1.29 is 4.79 Å². The van der Waals surface area contributed by atoms with Gasteiger partial charge < -0.3 is 4.90 Å². The molecule has 106 valence electrons. The van der Waals surface area contributed by atoms with Gasteiger partial charge in [0, 0.05) is 25.7 Å². The van der Waals surface area contributed by atoms with E-state index in [2.05, 4.69) is 15.8 Å². The Morgan fingerprint density at radius 3 is 2.86 bits per heavy atom. The number of allylic oxidation sites excluding steroid dienone is 1. The fourth-order valence-electron chi connectivity index (χ4n) is 3.97. The van der Waals surface area contributed by atoms with Crippen molar-refractivity contribution in [3.05, 3.63) is 35.2 Å². The first kappa shape index (κ1) is 12.6. The van der Waals surface area contributed by atoms with Gasteiger partial charge in [0.1, 0.15) is 0 Å². The van der Waals surface area contributed by atoms with E-state index in [1.807, 2.05) is 12.1 Å². The van der Waals surface area contributed by atoms with E-state index in [1.54, 1.807) is 6.20 Å². The van der Waals surface area contributed by atoms with Gasteiger partial charge in [-0.15, -0.1) is 6.42 Å². The third kappa shape index (κ3) is 1.82. The summed E-state index contributed by atoms with van der Waals surface area (Å²) >= 11 is 0. The zero-order chi connectivity index (χ0) is 14.4. The molecule has 1 saturated heterocycles. The lowest BCUT2D eigenvalue weighted by Crippen LogP contribution is -2.34. The van der Waals surface area contributed by atoms with Gasteiger partial charge in [0.2, 0.25) is 0 Å². The third-order valence-corrected chi connectivity index (χ3v) is 5.30. The number of fused-ring (bicyclic) bond motifs is 1. The van der Waals surface area contributed by atoms with Crippen LogP contribution in [0.5, 0.6) is 0 Å². The van der Waals surface area contributed by atoms with E-state index in [-0.39, 0.29) is 5.78 Å². The van der Waals surface area contributed by atoms with Crippen LogP contribution in [0.2, 0.25) is 0 Å². The van der Waals surface area contributed by atoms with Crippen molar-refractivity contribution >= 4 is 11.5 Å². The van der Waals surface area contributed by atoms with Crippen LogP contribution in [-0.4, -0.2) is 28.8 Å². The number of rotatable bonds is 1. The van der Waals surface area contributed by atoms with Crippen molar-refractivity contribution in [3.8, 4) is 12.3 Å². The number of carbonyl (C=O) groups excluding carboxylic acids is 1. The van der Waals surface area contributed by atoms with Crippen LogP contribution in [0.15, 0.2) is 23.9 Å². The predicted molar refractivity (Wildman–Crippen MR) is 81.2 cm³/mol. The maximum absolute atomic E-state index is 12.3. The summed E-state index contributed by atoms with van der Waals surface area (Å²) in [5.41, 5.74) is 3.83. The summed E-state index contributed by atoms with van der Waals surface area (Å²) in [6.07, 6.45) is 13.0. The highest BCUT2D eigenvalue weighted by Gasteiger charge is 2.44. The molecule has 1 spiro atoms. The molecule has 3 heteroatoms. The van der Waals surface area contributed by atoms with Crippen LogP contribution in [0.4, 0.5) is 0 Å². The standard InChI is InChI=1S/C18H18N2O/c1-2-14-15(21)11-13-5-3-9-19-16(13)17(14)20-10-8-18(12-20)6-4-7-18/h1,3,5,9H,4,6-8,10-12H2. The SMILES string of the molecule is C#CC1=C(N2CCC3(CCC3)C2)c2ncccc2CC1=O. The largest absolute Gasteiger partial charge is 0.368 e. The van der Waals surface area contributed by atoms with Gasteiger partial charge in [0.15, 0.2) is 5.78 Å². The van der Waals surface area contributed by atoms with Gasteiger partial charge in [-0.2, -0.15) is 0 Å². The van der Waals surface area contributed by atoms with Gasteiger partial charge in [0.05, 0.1) is 17.0 Å². The molecule has 0 bridgehead atoms. The highest BCUT2D eigenvalue weighted by atomic mass is 16.1. The summed E-state index contributed by atoms with van der Waals surface area (Å²) in [5.74, 6) is 2.69. The first-order chi connectivity index (χ1) is 10.2. The number of hydrogen-bond donors (Lipinski definition) is 0. The van der Waals surface area contributed by atoms with E-state index < -0.39 is 0 Å². The molecule has 2 heterocycles. The predicted octanol–water partition coefficient (Wildman–Crippen LogP) is 2.43. The minimum absolute atomic E-state index is 0.0579. The summed E-state index contributed by atoms with van der Waals surface area (Å²) < 4.78 is 0. The summed E-state index contributed by atoms with van der Waals surface area (Å²) in [6, 6.07) is 3.88. The van der Waals surface area contributed by atoms with Crippen molar-refractivity contribution in [3.63, 3.8) is 0 Å². The molecule has 0 unspecified atom stereocenters. The monoisotopic (exact) mass is 278 g/mol. The zero-order valence-electron chi connectivity index (χ0n) is 12.1. The van der Waals surface area contributed by atoms with E-state index >= 15 is 0 Å². The molecule has 0 radical (unpaired) electrons. The Kier molecular flexibility index (Phi) is 2.68. The number of ketones is 1. The smallest absolute Gasteiger partial charge is 0.177 e. The Morgan fingerprint density at radius 2 is 2.19 bits per heavy atom. The lowest BCUT2D eigenvalue weighted by Gasteiger charge is -2.39. The van der Waals surface area contributed by atoms with Gasteiger partial charge in [-0.25, -0.2) is 0 Å². The highest BCUT2D eigenvalue weighted by Crippen LogP contribution is 2.50. The van der Waals surface area contributed by atoms with Crippen LogP contribution in [0.1, 0.15) is 36.9 Å². The number of carbonyl (C=O) groups is 1. The van der Waals surface area contributed by atoms with Gasteiger partial charge in [0.25, 0.3) is 0 Å². The molecule has 21 heavy (non-hydrogen) atoms. The topological polar surface area (TPSA) is 33.2 Å². The molecule has 1 aliphatic heterocycles. The molecule has 0 amide bonds. The van der Waals surface area contributed by atoms with Crippen LogP contribution in [-0.2, 0) is 11.2 Å². The second-order valence-electron chi connectivity index (χ2n) is 6.50. The van der Waals surface area contributed by atoms with E-state index in [1.165, 1.54) is 25.7 Å². The molecule has 1 aromatic heterocycles. The Morgan fingerprint density at radius 1 is 1.33 bits per heavy atom. The Labute approximate surface area is 125 Å². The average Bonchev–Trinajstić information content (AvgIpc) is 2.91. The fraction of sp³-hybridized carbons (Fsp3) is 0.444. The lowest BCUT2D eigenvalue weighted by molar-refractivity contribution is -0.114. The minimum atomic E-state index is 0.0579. The number of aromatic nitrogens is 1. The van der Waals surface area contributed by atoms with Gasteiger partial charge in [-0.1, -0.05) is 18.4 Å². The Hall–Kier alpha value is -2.08. The highest BCUT2D eigenvalue weighted by molar-refractivity contribution is 6.09. The molecule has 1 saturated carbocycles. The molecule has 2 fully saturated rings. The van der Waals surface area contributed by atoms with Crippen molar-refractivity contribution in [1.29, 1.82) is 0 Å². The molecule has 1 aromatic rings. The van der Waals surface area contributed by atoms with E-state index in [0.717, 1.165) is 30.0 Å². The van der Waals surface area contributed by atoms with Gasteiger partial charge in [-0.05, 0) is 36.3 Å². The molecular formula is C18H18N2O. The molecule has 2 aliphatic carbocycles. The molecule has 4 rings (SSSR count). The molecule has 0 atom stereocenters. The van der Waals surface area contributed by atoms with Crippen molar-refractivity contribution in [2.45, 2.75) is 32.1 Å². The summed E-state index contributed by atoms with van der Waals surface area (Å²) in [5, 5.41) is 0. The first-order valence-corrected chi connectivity index (χ1v) is 7.66. The summed E-state index contributed by atoms with van der Waals surface area (Å²) in [6.45, 7) is 2.01. The van der Waals surface area contributed by atoms with Crippen LogP contribution < -0.4 is 0 Å². The Balaban J connectivity index is 1.80. The zero-order valence-corrected chi connectivity index (χ0v) is 12.1. The van der Waals surface area contributed by atoms with E-state index in [9.17, 15) is 4.79 Å². The quantitative estimate of drug-likeness (QED) is 0.740. The van der Waals surface area contributed by atoms with Crippen molar-refractivity contribution in [1.82, 2.24) is 9.88 Å². The van der Waals surface area contributed by atoms with Gasteiger partial charge >= 0.3 is 0 Å². The molecular weight excluding hydrogens is 260 g/mol. The normalized spacial score (nSPS) is 23.0. The first-order valence-electron chi connectivity index (χ1n) is 7.66. The van der Waals surface area contributed by atoms with Crippen LogP contribution in [0.25, 0.3) is 5.70 Å². The number of Topliss-reactive ketones (excluding diaryl/α,β-unsaturated/α-hetero) is 1. The maximum Gasteiger partial charge on any atom is 0.177 e. The molecule has 3 nitrogen and oxygen atoms in total. The third-order valence-electron chi connectivity index (χ3n) is 5.30. The second kappa shape index (κ2) is 4.46. The number of pyridine rings is 1. The number of nitrogens with zero attached hydrogens (tertiary/aromatic N) is 2. The second-order valence-corrected chi connectivity index (χ2v) is 6.50. The number of terminal acetylenes is 1. The van der Waals surface area contributed by atoms with Crippen LogP contribution >= 0.6 is 0 Å². The van der Waals surface area contributed by atoms with E-state index in [4.69, 9.17) is 6.42 Å². The molecule has 0 aromatic carbocycles. The van der Waals surface area contributed by atoms with Gasteiger partial charge in [-0.3, -0.25) is 9.78 Å². The lowest BCUT2D eigenvalue weighted by atomic mass is 9.68. The average molecular weight is 278 g/mol. The summed E-state index contributed by atoms with van der Waals surface area (Å²) in [4.78, 5) is 19.2. The number of likely N-dealkylation sites (tertiary alicyclic amines) is 1. The minimum Gasteiger partial charge on any atom is -0.368 e. The van der Waals surface area contributed by atoms with Crippen LogP contribution in [0, 0.1) is 17.8 Å². The van der Waals surface area contributed by atoms with Crippen molar-refractivity contribution in [2.75, 3.05) is 13.1 Å². The fourth-order valence-corrected chi connectivity index (χ4v) is 3.97. The number of hydrogen-bond acceptors (Lipinski definition) is 3.